The highest BCUT2D eigenvalue weighted by molar-refractivity contribution is 4.91. The van der Waals surface area contributed by atoms with Crippen LogP contribution in [0.1, 0.15) is 40.0 Å². The summed E-state index contributed by atoms with van der Waals surface area (Å²) in [6.07, 6.45) is 3.82. The number of hydrogen-bond acceptors (Lipinski definition) is 3. The molecule has 3 heteroatoms. The predicted molar refractivity (Wildman–Crippen MR) is 71.3 cm³/mol. The molecule has 1 N–H and O–H groups in total. The second-order valence-corrected chi connectivity index (χ2v) is 5.92. The Kier molecular flexibility index (Phi) is 4.83. The maximum Gasteiger partial charge on any atom is 0.0622 e. The summed E-state index contributed by atoms with van der Waals surface area (Å²) in [5.74, 6) is 0.724. The van der Waals surface area contributed by atoms with Crippen molar-refractivity contribution >= 4 is 0 Å². The summed E-state index contributed by atoms with van der Waals surface area (Å²) >= 11 is 0. The Labute approximate surface area is 106 Å². The lowest BCUT2D eigenvalue weighted by atomic mass is 9.95. The van der Waals surface area contributed by atoms with Crippen LogP contribution in [0, 0.1) is 5.92 Å². The first-order valence-electron chi connectivity index (χ1n) is 7.29. The molecule has 0 aromatic rings. The fraction of sp³-hybridized carbons (Fsp3) is 1.00. The Morgan fingerprint density at radius 1 is 1.41 bits per heavy atom. The number of nitrogens with one attached hydrogen (secondary N) is 1. The zero-order chi connectivity index (χ0) is 12.3. The molecular weight excluding hydrogens is 212 g/mol. The molecule has 2 aliphatic heterocycles. The van der Waals surface area contributed by atoms with Crippen LogP contribution in [0.5, 0.6) is 0 Å². The Morgan fingerprint density at radius 2 is 2.24 bits per heavy atom. The molecular formula is C14H28N2O. The van der Waals surface area contributed by atoms with Gasteiger partial charge in [-0.25, -0.2) is 0 Å². The minimum atomic E-state index is 0.656. The van der Waals surface area contributed by atoms with Crippen LogP contribution in [-0.4, -0.2) is 49.3 Å². The molecule has 3 unspecified atom stereocenters. The van der Waals surface area contributed by atoms with E-state index in [-0.39, 0.29) is 0 Å². The standard InChI is InChI=1S/C14H28N2O/c1-4-5-12-8-15-14(11(2)3)9-16(12)13-6-7-17-10-13/h11-15H,4-10H2,1-3H3. The first-order chi connectivity index (χ1) is 8.22. The van der Waals surface area contributed by atoms with E-state index in [4.69, 9.17) is 4.74 Å². The summed E-state index contributed by atoms with van der Waals surface area (Å²) in [6, 6.07) is 2.06. The summed E-state index contributed by atoms with van der Waals surface area (Å²) in [7, 11) is 0. The van der Waals surface area contributed by atoms with Gasteiger partial charge < -0.3 is 10.1 Å². The monoisotopic (exact) mass is 240 g/mol. The molecule has 100 valence electrons. The van der Waals surface area contributed by atoms with Crippen molar-refractivity contribution in [2.24, 2.45) is 5.92 Å². The second-order valence-electron chi connectivity index (χ2n) is 5.92. The molecule has 0 aromatic carbocycles. The van der Waals surface area contributed by atoms with E-state index >= 15 is 0 Å². The fourth-order valence-corrected chi connectivity index (χ4v) is 3.12. The van der Waals surface area contributed by atoms with Crippen LogP contribution in [0.15, 0.2) is 0 Å². The molecule has 2 heterocycles. The van der Waals surface area contributed by atoms with E-state index in [0.29, 0.717) is 12.1 Å². The smallest absolute Gasteiger partial charge is 0.0622 e. The van der Waals surface area contributed by atoms with Crippen molar-refractivity contribution in [1.29, 1.82) is 0 Å². The van der Waals surface area contributed by atoms with E-state index in [1.54, 1.807) is 0 Å². The van der Waals surface area contributed by atoms with Crippen LogP contribution < -0.4 is 5.32 Å². The quantitative estimate of drug-likeness (QED) is 0.812. The molecule has 0 saturated carbocycles. The molecule has 2 aliphatic rings. The summed E-state index contributed by atoms with van der Waals surface area (Å²) < 4.78 is 5.57. The third-order valence-corrected chi connectivity index (χ3v) is 4.29. The lowest BCUT2D eigenvalue weighted by molar-refractivity contribution is 0.0557. The van der Waals surface area contributed by atoms with E-state index in [9.17, 15) is 0 Å². The maximum absolute atomic E-state index is 5.57. The van der Waals surface area contributed by atoms with E-state index in [0.717, 1.165) is 31.7 Å². The number of piperazine rings is 1. The number of rotatable bonds is 4. The Bertz CT molecular complexity index is 226. The minimum absolute atomic E-state index is 0.656. The zero-order valence-electron chi connectivity index (χ0n) is 11.6. The highest BCUT2D eigenvalue weighted by atomic mass is 16.5. The van der Waals surface area contributed by atoms with Crippen molar-refractivity contribution < 1.29 is 4.74 Å². The van der Waals surface area contributed by atoms with Crippen LogP contribution in [-0.2, 0) is 4.74 Å². The summed E-state index contributed by atoms with van der Waals surface area (Å²) in [5, 5.41) is 3.72. The molecule has 2 fully saturated rings. The van der Waals surface area contributed by atoms with Crippen LogP contribution in [0.2, 0.25) is 0 Å². The fourth-order valence-electron chi connectivity index (χ4n) is 3.12. The number of nitrogens with zero attached hydrogens (tertiary/aromatic N) is 1. The summed E-state index contributed by atoms with van der Waals surface area (Å²) in [4.78, 5) is 2.73. The Balaban J connectivity index is 1.98. The number of ether oxygens (including phenoxy) is 1. The predicted octanol–water partition coefficient (Wildman–Crippen LogP) is 1.87. The topological polar surface area (TPSA) is 24.5 Å². The second kappa shape index (κ2) is 6.17. The SMILES string of the molecule is CCCC1CNC(C(C)C)CN1C1CCOC1. The van der Waals surface area contributed by atoms with Gasteiger partial charge in [-0.05, 0) is 18.8 Å². The van der Waals surface area contributed by atoms with Gasteiger partial charge in [0.05, 0.1) is 6.61 Å². The average molecular weight is 240 g/mol. The first kappa shape index (κ1) is 13.3. The van der Waals surface area contributed by atoms with Crippen molar-refractivity contribution in [2.45, 2.75) is 58.2 Å². The van der Waals surface area contributed by atoms with Crippen LogP contribution in [0.25, 0.3) is 0 Å². The lowest BCUT2D eigenvalue weighted by Gasteiger charge is -2.44. The van der Waals surface area contributed by atoms with Crippen molar-refractivity contribution in [3.05, 3.63) is 0 Å². The average Bonchev–Trinajstić information content (AvgIpc) is 2.83. The molecule has 0 aromatic heterocycles. The van der Waals surface area contributed by atoms with E-state index in [1.165, 1.54) is 25.8 Å². The van der Waals surface area contributed by atoms with Crippen molar-refractivity contribution in [2.75, 3.05) is 26.3 Å². The van der Waals surface area contributed by atoms with Gasteiger partial charge in [0.25, 0.3) is 0 Å². The van der Waals surface area contributed by atoms with Crippen molar-refractivity contribution in [3.63, 3.8) is 0 Å². The normalized spacial score (nSPS) is 35.6. The van der Waals surface area contributed by atoms with E-state index < -0.39 is 0 Å². The van der Waals surface area contributed by atoms with Crippen LogP contribution >= 0.6 is 0 Å². The molecule has 2 saturated heterocycles. The molecule has 0 radical (unpaired) electrons. The molecule has 17 heavy (non-hydrogen) atoms. The molecule has 0 bridgehead atoms. The highest BCUT2D eigenvalue weighted by Crippen LogP contribution is 2.22. The lowest BCUT2D eigenvalue weighted by Crippen LogP contribution is -2.60. The van der Waals surface area contributed by atoms with Gasteiger partial charge in [-0.3, -0.25) is 4.90 Å². The molecule has 3 atom stereocenters. The third-order valence-electron chi connectivity index (χ3n) is 4.29. The summed E-state index contributed by atoms with van der Waals surface area (Å²) in [6.45, 7) is 11.2. The Hall–Kier alpha value is -0.120. The van der Waals surface area contributed by atoms with Gasteiger partial charge in [0.2, 0.25) is 0 Å². The number of hydrogen-bond donors (Lipinski definition) is 1. The minimum Gasteiger partial charge on any atom is -0.380 e. The largest absolute Gasteiger partial charge is 0.380 e. The van der Waals surface area contributed by atoms with E-state index in [1.807, 2.05) is 0 Å². The van der Waals surface area contributed by atoms with Crippen LogP contribution in [0.4, 0.5) is 0 Å². The van der Waals surface area contributed by atoms with Crippen molar-refractivity contribution in [1.82, 2.24) is 10.2 Å². The van der Waals surface area contributed by atoms with Gasteiger partial charge in [-0.15, -0.1) is 0 Å². The van der Waals surface area contributed by atoms with Gasteiger partial charge in [0.1, 0.15) is 0 Å². The van der Waals surface area contributed by atoms with Crippen molar-refractivity contribution in [3.8, 4) is 0 Å². The molecule has 0 amide bonds. The molecule has 0 aliphatic carbocycles. The molecule has 0 spiro atoms. The van der Waals surface area contributed by atoms with E-state index in [2.05, 4.69) is 31.0 Å². The van der Waals surface area contributed by atoms with Gasteiger partial charge in [0, 0.05) is 37.8 Å². The third kappa shape index (κ3) is 3.21. The van der Waals surface area contributed by atoms with Crippen LogP contribution in [0.3, 0.4) is 0 Å². The first-order valence-corrected chi connectivity index (χ1v) is 7.29. The Morgan fingerprint density at radius 3 is 2.82 bits per heavy atom. The van der Waals surface area contributed by atoms with Gasteiger partial charge in [-0.1, -0.05) is 27.2 Å². The molecule has 3 nitrogen and oxygen atoms in total. The molecule has 2 rings (SSSR count). The van der Waals surface area contributed by atoms with Gasteiger partial charge in [-0.2, -0.15) is 0 Å². The highest BCUT2D eigenvalue weighted by Gasteiger charge is 2.34. The zero-order valence-corrected chi connectivity index (χ0v) is 11.6. The van der Waals surface area contributed by atoms with Gasteiger partial charge >= 0.3 is 0 Å². The van der Waals surface area contributed by atoms with Gasteiger partial charge in [0.15, 0.2) is 0 Å². The summed E-state index contributed by atoms with van der Waals surface area (Å²) in [5.41, 5.74) is 0. The maximum atomic E-state index is 5.57.